The van der Waals surface area contributed by atoms with Crippen molar-refractivity contribution in [3.8, 4) is 0 Å². The maximum absolute atomic E-state index is 2.49. The van der Waals surface area contributed by atoms with E-state index < -0.39 is 0 Å². The van der Waals surface area contributed by atoms with Gasteiger partial charge in [0, 0.05) is 0 Å². The molecule has 0 aliphatic heterocycles. The zero-order valence-corrected chi connectivity index (χ0v) is 18.5. The highest BCUT2D eigenvalue weighted by Crippen LogP contribution is 2.38. The van der Waals surface area contributed by atoms with Gasteiger partial charge in [-0.15, -0.1) is 0 Å². The van der Waals surface area contributed by atoms with Gasteiger partial charge in [0.2, 0.25) is 0 Å². The molecule has 0 nitrogen and oxygen atoms in total. The van der Waals surface area contributed by atoms with E-state index in [1.165, 1.54) is 106 Å². The van der Waals surface area contributed by atoms with Crippen molar-refractivity contribution in [3.63, 3.8) is 0 Å². The Morgan fingerprint density at radius 2 is 1.36 bits per heavy atom. The smallest absolute Gasteiger partial charge is 0.0162 e. The van der Waals surface area contributed by atoms with E-state index in [-0.39, 0.29) is 0 Å². The first-order valence-electron chi connectivity index (χ1n) is 12.3. The number of aryl methyl sites for hydroxylation is 1. The highest BCUT2D eigenvalue weighted by Gasteiger charge is 2.22. The van der Waals surface area contributed by atoms with E-state index in [1.54, 1.807) is 5.56 Å². The van der Waals surface area contributed by atoms with Crippen LogP contribution in [0.5, 0.6) is 0 Å². The third-order valence-corrected chi connectivity index (χ3v) is 7.03. The summed E-state index contributed by atoms with van der Waals surface area (Å²) in [6.07, 6.45) is 19.5. The predicted molar refractivity (Wildman–Crippen MR) is 125 cm³/mol. The lowest BCUT2D eigenvalue weighted by atomic mass is 9.76. The van der Waals surface area contributed by atoms with Gasteiger partial charge in [0.15, 0.2) is 0 Å². The third-order valence-electron chi connectivity index (χ3n) is 7.03. The van der Waals surface area contributed by atoms with Crippen LogP contribution in [0.15, 0.2) is 36.4 Å². The van der Waals surface area contributed by atoms with Gasteiger partial charge < -0.3 is 0 Å². The normalized spacial score (nSPS) is 19.9. The summed E-state index contributed by atoms with van der Waals surface area (Å²) >= 11 is 0. The Kier molecular flexibility index (Phi) is 8.90. The lowest BCUT2D eigenvalue weighted by Crippen LogP contribution is -2.13. The van der Waals surface area contributed by atoms with Gasteiger partial charge in [0.05, 0.1) is 0 Å². The molecule has 1 fully saturated rings. The molecule has 0 N–H and O–H groups in total. The van der Waals surface area contributed by atoms with E-state index >= 15 is 0 Å². The Bertz CT molecular complexity index is 690. The van der Waals surface area contributed by atoms with E-state index in [9.17, 15) is 0 Å². The minimum absolute atomic E-state index is 0.796. The van der Waals surface area contributed by atoms with Crippen LogP contribution in [0.1, 0.15) is 114 Å². The average molecular weight is 379 g/mol. The zero-order chi connectivity index (χ0) is 19.6. The molecule has 3 rings (SSSR count). The highest BCUT2D eigenvalue weighted by molar-refractivity contribution is 5.84. The fourth-order valence-electron chi connectivity index (χ4n) is 5.12. The maximum atomic E-state index is 2.49. The van der Waals surface area contributed by atoms with Crippen LogP contribution in [-0.4, -0.2) is 0 Å². The second kappa shape index (κ2) is 11.6. The molecule has 2 aromatic carbocycles. The predicted octanol–water partition coefficient (Wildman–Crippen LogP) is 9.21. The van der Waals surface area contributed by atoms with Gasteiger partial charge in [0.25, 0.3) is 0 Å². The molecule has 0 spiro atoms. The summed E-state index contributed by atoms with van der Waals surface area (Å²) in [5.41, 5.74) is 3.10. The number of benzene rings is 2. The van der Waals surface area contributed by atoms with Crippen molar-refractivity contribution in [2.75, 3.05) is 0 Å². The molecule has 0 amide bonds. The average Bonchev–Trinajstić information content (AvgIpc) is 2.74. The Hall–Kier alpha value is -1.30. The molecule has 0 radical (unpaired) electrons. The second-order valence-electron chi connectivity index (χ2n) is 9.32. The summed E-state index contributed by atoms with van der Waals surface area (Å²) in [6.45, 7) is 4.59. The van der Waals surface area contributed by atoms with E-state index in [0.717, 1.165) is 11.8 Å². The van der Waals surface area contributed by atoms with Crippen molar-refractivity contribution in [3.05, 3.63) is 47.5 Å². The van der Waals surface area contributed by atoms with Crippen LogP contribution < -0.4 is 0 Å². The van der Waals surface area contributed by atoms with E-state index in [2.05, 4.69) is 50.2 Å². The third kappa shape index (κ3) is 6.36. The topological polar surface area (TPSA) is 0 Å². The van der Waals surface area contributed by atoms with Crippen molar-refractivity contribution in [1.29, 1.82) is 0 Å². The molecule has 2 aromatic rings. The summed E-state index contributed by atoms with van der Waals surface area (Å²) in [6, 6.07) is 14.4. The van der Waals surface area contributed by atoms with Gasteiger partial charge >= 0.3 is 0 Å². The van der Waals surface area contributed by atoms with Gasteiger partial charge in [-0.3, -0.25) is 0 Å². The number of fused-ring (bicyclic) bond motifs is 1. The lowest BCUT2D eigenvalue weighted by molar-refractivity contribution is 0.302. The van der Waals surface area contributed by atoms with Crippen LogP contribution in [0.4, 0.5) is 0 Å². The molecule has 1 aliphatic rings. The fourth-order valence-corrected chi connectivity index (χ4v) is 5.12. The minimum atomic E-state index is 0.796. The molecular formula is C28H42. The first kappa shape index (κ1) is 21.4. The van der Waals surface area contributed by atoms with Gasteiger partial charge in [-0.2, -0.15) is 0 Å². The largest absolute Gasteiger partial charge is 0.0654 e. The SMILES string of the molecule is CCCCCCCC1CCC(c2ccc3cc(CCCCC)ccc3c2)CC1. The van der Waals surface area contributed by atoms with Crippen molar-refractivity contribution in [2.24, 2.45) is 5.92 Å². The van der Waals surface area contributed by atoms with Gasteiger partial charge in [-0.05, 0) is 72.3 Å². The highest BCUT2D eigenvalue weighted by atomic mass is 14.3. The molecule has 0 aromatic heterocycles. The number of hydrogen-bond acceptors (Lipinski definition) is 0. The molecule has 1 aliphatic carbocycles. The molecule has 0 unspecified atom stereocenters. The van der Waals surface area contributed by atoms with Crippen molar-refractivity contribution in [1.82, 2.24) is 0 Å². The van der Waals surface area contributed by atoms with Crippen LogP contribution in [0.2, 0.25) is 0 Å². The van der Waals surface area contributed by atoms with Crippen LogP contribution in [0.25, 0.3) is 10.8 Å². The molecule has 0 heteroatoms. The molecule has 1 saturated carbocycles. The number of hydrogen-bond donors (Lipinski definition) is 0. The minimum Gasteiger partial charge on any atom is -0.0654 e. The molecule has 0 atom stereocenters. The molecule has 28 heavy (non-hydrogen) atoms. The molecule has 0 heterocycles. The Labute approximate surface area is 174 Å². The fraction of sp³-hybridized carbons (Fsp3) is 0.643. The van der Waals surface area contributed by atoms with Crippen molar-refractivity contribution < 1.29 is 0 Å². The number of unbranched alkanes of at least 4 members (excludes halogenated alkanes) is 6. The zero-order valence-electron chi connectivity index (χ0n) is 18.5. The van der Waals surface area contributed by atoms with Gasteiger partial charge in [-0.1, -0.05) is 102 Å². The monoisotopic (exact) mass is 378 g/mol. The summed E-state index contributed by atoms with van der Waals surface area (Å²) in [5.74, 6) is 1.80. The van der Waals surface area contributed by atoms with Crippen molar-refractivity contribution >= 4 is 10.8 Å². The summed E-state index contributed by atoms with van der Waals surface area (Å²) in [5, 5.41) is 2.87. The summed E-state index contributed by atoms with van der Waals surface area (Å²) < 4.78 is 0. The van der Waals surface area contributed by atoms with Crippen LogP contribution in [-0.2, 0) is 6.42 Å². The van der Waals surface area contributed by atoms with E-state index in [0.29, 0.717) is 0 Å². The quantitative estimate of drug-likeness (QED) is 0.342. The van der Waals surface area contributed by atoms with Crippen LogP contribution >= 0.6 is 0 Å². The molecule has 0 saturated heterocycles. The van der Waals surface area contributed by atoms with E-state index in [4.69, 9.17) is 0 Å². The standard InChI is InChI=1S/C28H42/c1-3-5-7-8-10-11-23-13-16-25(17-14-23)27-20-19-26-21-24(12-9-6-4-2)15-18-28(26)22-27/h15,18-23,25H,3-14,16-17H2,1-2H3. The molecule has 154 valence electrons. The summed E-state index contributed by atoms with van der Waals surface area (Å²) in [7, 11) is 0. The number of rotatable bonds is 11. The molecule has 0 bridgehead atoms. The Morgan fingerprint density at radius 3 is 2.14 bits per heavy atom. The first-order chi connectivity index (χ1) is 13.8. The summed E-state index contributed by atoms with van der Waals surface area (Å²) in [4.78, 5) is 0. The first-order valence-corrected chi connectivity index (χ1v) is 12.3. The van der Waals surface area contributed by atoms with Crippen LogP contribution in [0.3, 0.4) is 0 Å². The lowest BCUT2D eigenvalue weighted by Gasteiger charge is -2.29. The Balaban J connectivity index is 1.50. The van der Waals surface area contributed by atoms with Gasteiger partial charge in [-0.25, -0.2) is 0 Å². The van der Waals surface area contributed by atoms with Crippen molar-refractivity contribution in [2.45, 2.75) is 110 Å². The van der Waals surface area contributed by atoms with Crippen LogP contribution in [0, 0.1) is 5.92 Å². The van der Waals surface area contributed by atoms with E-state index in [1.807, 2.05) is 0 Å². The molecular weight excluding hydrogens is 336 g/mol. The van der Waals surface area contributed by atoms with Gasteiger partial charge in [0.1, 0.15) is 0 Å². The second-order valence-corrected chi connectivity index (χ2v) is 9.32. The Morgan fingerprint density at radius 1 is 0.679 bits per heavy atom. The maximum Gasteiger partial charge on any atom is -0.0162 e.